The molecule has 0 unspecified atom stereocenters. The van der Waals surface area contributed by atoms with Crippen molar-refractivity contribution in [3.8, 4) is 6.07 Å². The lowest BCUT2D eigenvalue weighted by Crippen LogP contribution is -2.47. The van der Waals surface area contributed by atoms with Crippen LogP contribution < -0.4 is 11.2 Å². The molecule has 2 rings (SSSR count). The van der Waals surface area contributed by atoms with Crippen LogP contribution in [0.1, 0.15) is 18.1 Å². The summed E-state index contributed by atoms with van der Waals surface area (Å²) >= 11 is 0. The van der Waals surface area contributed by atoms with E-state index < -0.39 is 36.4 Å². The molecule has 0 saturated carbocycles. The minimum Gasteiger partial charge on any atom is -0.328 e. The SMILES string of the molecule is CCn1cc(C#N)c(=O)n(CC(=O)N(Cc2ccccc2)CC(F)(F)F)c1=O. The first kappa shape index (κ1) is 21.0. The Balaban J connectivity index is 2.39. The number of amides is 1. The van der Waals surface area contributed by atoms with Crippen LogP contribution >= 0.6 is 0 Å². The molecule has 0 N–H and O–H groups in total. The van der Waals surface area contributed by atoms with Crippen molar-refractivity contribution >= 4 is 5.91 Å². The Labute approximate surface area is 157 Å². The number of carbonyl (C=O) groups is 1. The summed E-state index contributed by atoms with van der Waals surface area (Å²) in [5.41, 5.74) is -1.80. The molecule has 0 aliphatic carbocycles. The van der Waals surface area contributed by atoms with Crippen LogP contribution in [0.25, 0.3) is 0 Å². The van der Waals surface area contributed by atoms with E-state index >= 15 is 0 Å². The van der Waals surface area contributed by atoms with Crippen LogP contribution in [0.2, 0.25) is 0 Å². The Morgan fingerprint density at radius 2 is 1.86 bits per heavy atom. The number of benzene rings is 1. The zero-order chi connectivity index (χ0) is 20.9. The van der Waals surface area contributed by atoms with Gasteiger partial charge in [0.15, 0.2) is 0 Å². The summed E-state index contributed by atoms with van der Waals surface area (Å²) in [4.78, 5) is 37.6. The molecule has 2 aromatic rings. The quantitative estimate of drug-likeness (QED) is 0.743. The van der Waals surface area contributed by atoms with E-state index in [0.29, 0.717) is 15.0 Å². The molecule has 0 aliphatic rings. The molecule has 0 atom stereocenters. The van der Waals surface area contributed by atoms with Gasteiger partial charge in [0.25, 0.3) is 5.56 Å². The van der Waals surface area contributed by atoms with Crippen LogP contribution in [0.5, 0.6) is 0 Å². The van der Waals surface area contributed by atoms with Crippen LogP contribution in [0, 0.1) is 11.3 Å². The molecule has 0 radical (unpaired) electrons. The number of halogens is 3. The lowest BCUT2D eigenvalue weighted by atomic mass is 10.2. The van der Waals surface area contributed by atoms with Gasteiger partial charge in [-0.15, -0.1) is 0 Å². The number of nitrogens with zero attached hydrogens (tertiary/aromatic N) is 4. The molecule has 1 amide bonds. The van der Waals surface area contributed by atoms with Crippen molar-refractivity contribution in [1.82, 2.24) is 14.0 Å². The topological polar surface area (TPSA) is 88.1 Å². The molecule has 10 heteroatoms. The van der Waals surface area contributed by atoms with Crippen LogP contribution in [0.15, 0.2) is 46.1 Å². The van der Waals surface area contributed by atoms with E-state index in [-0.39, 0.29) is 18.7 Å². The highest BCUT2D eigenvalue weighted by molar-refractivity contribution is 5.76. The second-order valence-corrected chi connectivity index (χ2v) is 5.97. The first-order valence-electron chi connectivity index (χ1n) is 8.29. The van der Waals surface area contributed by atoms with Crippen molar-refractivity contribution < 1.29 is 18.0 Å². The first-order valence-corrected chi connectivity index (χ1v) is 8.29. The fraction of sp³-hybridized carbons (Fsp3) is 0.333. The summed E-state index contributed by atoms with van der Waals surface area (Å²) in [5.74, 6) is -1.06. The number of alkyl halides is 3. The Morgan fingerprint density at radius 1 is 1.21 bits per heavy atom. The van der Waals surface area contributed by atoms with E-state index in [0.717, 1.165) is 10.8 Å². The molecule has 28 heavy (non-hydrogen) atoms. The second kappa shape index (κ2) is 8.56. The number of hydrogen-bond acceptors (Lipinski definition) is 4. The third-order valence-corrected chi connectivity index (χ3v) is 3.93. The van der Waals surface area contributed by atoms with E-state index in [1.54, 1.807) is 43.3 Å². The highest BCUT2D eigenvalue weighted by atomic mass is 19.4. The second-order valence-electron chi connectivity index (χ2n) is 5.97. The third-order valence-electron chi connectivity index (χ3n) is 3.93. The minimum absolute atomic E-state index is 0.123. The van der Waals surface area contributed by atoms with Crippen molar-refractivity contribution in [2.75, 3.05) is 6.54 Å². The summed E-state index contributed by atoms with van der Waals surface area (Å²) in [5, 5.41) is 9.02. The molecule has 0 saturated heterocycles. The van der Waals surface area contributed by atoms with E-state index in [1.807, 2.05) is 0 Å². The fourth-order valence-corrected chi connectivity index (χ4v) is 2.58. The van der Waals surface area contributed by atoms with Gasteiger partial charge in [-0.05, 0) is 12.5 Å². The molecule has 0 bridgehead atoms. The standard InChI is InChI=1S/C18H17F3N4O3/c1-2-23-10-14(8-22)16(27)25(17(23)28)11-15(26)24(12-18(19,20)21)9-13-6-4-3-5-7-13/h3-7,10H,2,9,11-12H2,1H3. The van der Waals surface area contributed by atoms with Crippen molar-refractivity contribution in [2.24, 2.45) is 0 Å². The molecule has 1 heterocycles. The monoisotopic (exact) mass is 394 g/mol. The van der Waals surface area contributed by atoms with Gasteiger partial charge in [-0.1, -0.05) is 30.3 Å². The molecule has 0 aliphatic heterocycles. The average molecular weight is 394 g/mol. The smallest absolute Gasteiger partial charge is 0.328 e. The van der Waals surface area contributed by atoms with Crippen molar-refractivity contribution in [2.45, 2.75) is 32.7 Å². The lowest BCUT2D eigenvalue weighted by molar-refractivity contribution is -0.162. The minimum atomic E-state index is -4.66. The van der Waals surface area contributed by atoms with Crippen LogP contribution in [-0.4, -0.2) is 32.7 Å². The van der Waals surface area contributed by atoms with E-state index in [2.05, 4.69) is 0 Å². The lowest BCUT2D eigenvalue weighted by Gasteiger charge is -2.24. The molecule has 7 nitrogen and oxygen atoms in total. The van der Waals surface area contributed by atoms with E-state index in [4.69, 9.17) is 5.26 Å². The van der Waals surface area contributed by atoms with Gasteiger partial charge in [0.1, 0.15) is 24.7 Å². The average Bonchev–Trinajstić information content (AvgIpc) is 2.64. The number of nitriles is 1. The number of aryl methyl sites for hydroxylation is 1. The Morgan fingerprint density at radius 3 is 2.39 bits per heavy atom. The number of hydrogen-bond donors (Lipinski definition) is 0. The van der Waals surface area contributed by atoms with E-state index in [1.165, 1.54) is 0 Å². The zero-order valence-corrected chi connectivity index (χ0v) is 14.9. The van der Waals surface area contributed by atoms with Crippen LogP contribution in [-0.2, 0) is 24.4 Å². The number of aromatic nitrogens is 2. The Hall–Kier alpha value is -3.35. The molecule has 0 fully saturated rings. The van der Waals surface area contributed by atoms with Crippen molar-refractivity contribution in [3.05, 3.63) is 68.5 Å². The largest absolute Gasteiger partial charge is 0.406 e. The van der Waals surface area contributed by atoms with Gasteiger partial charge < -0.3 is 4.90 Å². The molecule has 1 aromatic heterocycles. The van der Waals surface area contributed by atoms with Gasteiger partial charge in [0, 0.05) is 19.3 Å². The highest BCUT2D eigenvalue weighted by Gasteiger charge is 2.33. The van der Waals surface area contributed by atoms with Gasteiger partial charge in [0.05, 0.1) is 0 Å². The maximum atomic E-state index is 12.9. The summed E-state index contributed by atoms with van der Waals surface area (Å²) in [6.45, 7) is -1.05. The fourth-order valence-electron chi connectivity index (χ4n) is 2.58. The highest BCUT2D eigenvalue weighted by Crippen LogP contribution is 2.18. The van der Waals surface area contributed by atoms with Gasteiger partial charge >= 0.3 is 11.9 Å². The summed E-state index contributed by atoms with van der Waals surface area (Å²) in [7, 11) is 0. The zero-order valence-electron chi connectivity index (χ0n) is 14.9. The molecule has 148 valence electrons. The van der Waals surface area contributed by atoms with Crippen LogP contribution in [0.4, 0.5) is 13.2 Å². The van der Waals surface area contributed by atoms with Crippen LogP contribution in [0.3, 0.4) is 0 Å². The maximum absolute atomic E-state index is 12.9. The molecular weight excluding hydrogens is 377 g/mol. The summed E-state index contributed by atoms with van der Waals surface area (Å²) in [6, 6.07) is 9.65. The predicted octanol–water partition coefficient (Wildman–Crippen LogP) is 1.49. The number of carbonyl (C=O) groups excluding carboxylic acids is 1. The third kappa shape index (κ3) is 5.09. The summed E-state index contributed by atoms with van der Waals surface area (Å²) in [6.07, 6.45) is -3.60. The molecular formula is C18H17F3N4O3. The Bertz CT molecular complexity index is 1000. The normalized spacial score (nSPS) is 11.1. The van der Waals surface area contributed by atoms with Crippen molar-refractivity contribution in [3.63, 3.8) is 0 Å². The van der Waals surface area contributed by atoms with Gasteiger partial charge in [0.2, 0.25) is 5.91 Å². The molecule has 0 spiro atoms. The van der Waals surface area contributed by atoms with Gasteiger partial charge in [-0.25, -0.2) is 9.36 Å². The summed E-state index contributed by atoms with van der Waals surface area (Å²) < 4.78 is 40.3. The maximum Gasteiger partial charge on any atom is 0.406 e. The Kier molecular flexibility index (Phi) is 6.41. The van der Waals surface area contributed by atoms with Crippen molar-refractivity contribution in [1.29, 1.82) is 5.26 Å². The van der Waals surface area contributed by atoms with Gasteiger partial charge in [-0.3, -0.25) is 14.2 Å². The first-order chi connectivity index (χ1) is 13.2. The predicted molar refractivity (Wildman–Crippen MR) is 93.3 cm³/mol. The molecule has 1 aromatic carbocycles. The number of rotatable bonds is 6. The van der Waals surface area contributed by atoms with Gasteiger partial charge in [-0.2, -0.15) is 18.4 Å². The van der Waals surface area contributed by atoms with E-state index in [9.17, 15) is 27.6 Å².